The second-order valence-electron chi connectivity index (χ2n) is 15.9. The Kier molecular flexibility index (Phi) is 36.8. The fourth-order valence-corrected chi connectivity index (χ4v) is 6.23. The van der Waals surface area contributed by atoms with Crippen molar-refractivity contribution in [3.8, 4) is 0 Å². The minimum atomic E-state index is -0.881. The highest BCUT2D eigenvalue weighted by Gasteiger charge is 2.31. The number of rotatable bonds is 39. The van der Waals surface area contributed by atoms with Crippen LogP contribution in [0.2, 0.25) is 0 Å². The predicted molar refractivity (Wildman–Crippen MR) is 234 cm³/mol. The standard InChI is InChI=1S/C48H83NO7/c1-6-8-10-12-14-16-18-20-21-22-23-24-25-26-27-29-31-33-35-37-39-47(51)56-44(42-54-41-40-45(48(52)53)49(3,4)5)43-55-46(50)38-36-34-32-30-28-19-17-15-13-11-9-7-2/h8,10,14,16,20-21,23-24,26-27,44-45H,6-7,9,11-13,15,17-19,22,25,28-43H2,1-5H3/p+1/b10-8+,16-14+,21-20+,24-23+,27-26+. The summed E-state index contributed by atoms with van der Waals surface area (Å²) < 4.78 is 17.2. The molecule has 0 aromatic rings. The lowest BCUT2D eigenvalue weighted by molar-refractivity contribution is -0.887. The van der Waals surface area contributed by atoms with Gasteiger partial charge in [-0.05, 0) is 57.8 Å². The number of hydrogen-bond donors (Lipinski definition) is 1. The third-order valence-electron chi connectivity index (χ3n) is 9.68. The van der Waals surface area contributed by atoms with Crippen LogP contribution in [0.25, 0.3) is 0 Å². The minimum Gasteiger partial charge on any atom is -0.477 e. The first kappa shape index (κ1) is 53.0. The molecule has 8 heteroatoms. The molecule has 0 heterocycles. The lowest BCUT2D eigenvalue weighted by atomic mass is 10.0. The number of likely N-dealkylation sites (N-methyl/N-ethyl adjacent to an activating group) is 1. The highest BCUT2D eigenvalue weighted by Crippen LogP contribution is 2.14. The number of unbranched alkanes of at least 4 members (excludes halogenated alkanes) is 15. The van der Waals surface area contributed by atoms with E-state index in [9.17, 15) is 19.5 Å². The van der Waals surface area contributed by atoms with Crippen LogP contribution in [0.4, 0.5) is 0 Å². The van der Waals surface area contributed by atoms with E-state index in [1.165, 1.54) is 57.8 Å². The van der Waals surface area contributed by atoms with E-state index in [4.69, 9.17) is 14.2 Å². The molecule has 0 saturated heterocycles. The maximum Gasteiger partial charge on any atom is 0.362 e. The molecule has 0 fully saturated rings. The van der Waals surface area contributed by atoms with E-state index in [2.05, 4.69) is 74.6 Å². The van der Waals surface area contributed by atoms with Gasteiger partial charge in [0.25, 0.3) is 0 Å². The van der Waals surface area contributed by atoms with Crippen molar-refractivity contribution in [3.05, 3.63) is 60.8 Å². The molecule has 322 valence electrons. The fourth-order valence-electron chi connectivity index (χ4n) is 6.23. The Balaban J connectivity index is 4.39. The van der Waals surface area contributed by atoms with Crippen molar-refractivity contribution in [2.75, 3.05) is 41.0 Å². The highest BCUT2D eigenvalue weighted by molar-refractivity contribution is 5.72. The van der Waals surface area contributed by atoms with E-state index in [0.717, 1.165) is 83.5 Å². The smallest absolute Gasteiger partial charge is 0.362 e. The summed E-state index contributed by atoms with van der Waals surface area (Å²) >= 11 is 0. The molecule has 0 radical (unpaired) electrons. The summed E-state index contributed by atoms with van der Waals surface area (Å²) in [6.07, 6.45) is 46.9. The van der Waals surface area contributed by atoms with Gasteiger partial charge in [0.05, 0.1) is 34.4 Å². The molecule has 0 rings (SSSR count). The summed E-state index contributed by atoms with van der Waals surface area (Å²) in [6.45, 7) is 4.59. The number of quaternary nitrogens is 1. The number of aliphatic carboxylic acids is 1. The van der Waals surface area contributed by atoms with E-state index in [1.807, 2.05) is 21.1 Å². The first-order valence-corrected chi connectivity index (χ1v) is 22.3. The van der Waals surface area contributed by atoms with Gasteiger partial charge >= 0.3 is 17.9 Å². The van der Waals surface area contributed by atoms with E-state index in [-0.39, 0.29) is 36.2 Å². The van der Waals surface area contributed by atoms with Crippen molar-refractivity contribution in [2.45, 2.75) is 187 Å². The maximum atomic E-state index is 12.7. The molecular formula is C48H84NO7+. The number of carbonyl (C=O) groups excluding carboxylic acids is 2. The number of allylic oxidation sites excluding steroid dienone is 10. The van der Waals surface area contributed by atoms with Crippen LogP contribution in [0.15, 0.2) is 60.8 Å². The summed E-state index contributed by atoms with van der Waals surface area (Å²) in [7, 11) is 5.51. The van der Waals surface area contributed by atoms with Crippen LogP contribution < -0.4 is 0 Å². The predicted octanol–water partition coefficient (Wildman–Crippen LogP) is 12.2. The van der Waals surface area contributed by atoms with Gasteiger partial charge in [0.15, 0.2) is 12.1 Å². The average Bonchev–Trinajstić information content (AvgIpc) is 3.15. The van der Waals surface area contributed by atoms with Crippen LogP contribution in [0, 0.1) is 0 Å². The quantitative estimate of drug-likeness (QED) is 0.0287. The summed E-state index contributed by atoms with van der Waals surface area (Å²) in [5, 5.41) is 9.62. The Morgan fingerprint density at radius 1 is 0.554 bits per heavy atom. The molecular weight excluding hydrogens is 703 g/mol. The van der Waals surface area contributed by atoms with Gasteiger partial charge in [0.1, 0.15) is 6.61 Å². The van der Waals surface area contributed by atoms with Gasteiger partial charge in [-0.15, -0.1) is 0 Å². The van der Waals surface area contributed by atoms with E-state index in [0.29, 0.717) is 19.3 Å². The monoisotopic (exact) mass is 787 g/mol. The Morgan fingerprint density at radius 3 is 1.48 bits per heavy atom. The molecule has 56 heavy (non-hydrogen) atoms. The third kappa shape index (κ3) is 36.7. The lowest BCUT2D eigenvalue weighted by Gasteiger charge is -2.31. The van der Waals surface area contributed by atoms with Gasteiger partial charge in [0, 0.05) is 19.3 Å². The molecule has 2 unspecified atom stereocenters. The van der Waals surface area contributed by atoms with Crippen LogP contribution in [-0.4, -0.2) is 80.6 Å². The second kappa shape index (κ2) is 38.9. The number of carbonyl (C=O) groups is 3. The summed E-state index contributed by atoms with van der Waals surface area (Å²) in [5.41, 5.74) is 0. The van der Waals surface area contributed by atoms with E-state index < -0.39 is 18.1 Å². The minimum absolute atomic E-state index is 0.0500. The molecule has 0 aliphatic rings. The van der Waals surface area contributed by atoms with Gasteiger partial charge in [-0.2, -0.15) is 0 Å². The third-order valence-corrected chi connectivity index (χ3v) is 9.68. The number of hydrogen-bond acceptors (Lipinski definition) is 6. The molecule has 0 spiro atoms. The maximum absolute atomic E-state index is 12.7. The van der Waals surface area contributed by atoms with Crippen molar-refractivity contribution in [3.63, 3.8) is 0 Å². The molecule has 0 bridgehead atoms. The summed E-state index contributed by atoms with van der Waals surface area (Å²) in [4.78, 5) is 37.0. The topological polar surface area (TPSA) is 99.1 Å². The molecule has 0 aromatic carbocycles. The van der Waals surface area contributed by atoms with Crippen LogP contribution in [-0.2, 0) is 28.6 Å². The van der Waals surface area contributed by atoms with Gasteiger partial charge in [0.2, 0.25) is 0 Å². The molecule has 0 aromatic heterocycles. The summed E-state index contributed by atoms with van der Waals surface area (Å²) in [6, 6.07) is -0.620. The molecule has 0 aliphatic heterocycles. The van der Waals surface area contributed by atoms with E-state index in [1.54, 1.807) is 0 Å². The van der Waals surface area contributed by atoms with Crippen LogP contribution in [0.5, 0.6) is 0 Å². The van der Waals surface area contributed by atoms with Crippen LogP contribution >= 0.6 is 0 Å². The van der Waals surface area contributed by atoms with Crippen molar-refractivity contribution in [1.29, 1.82) is 0 Å². The van der Waals surface area contributed by atoms with Crippen molar-refractivity contribution < 1.29 is 38.2 Å². The number of nitrogens with zero attached hydrogens (tertiary/aromatic N) is 1. The van der Waals surface area contributed by atoms with Crippen LogP contribution in [0.3, 0.4) is 0 Å². The molecule has 1 N–H and O–H groups in total. The Morgan fingerprint density at radius 2 is 1.00 bits per heavy atom. The van der Waals surface area contributed by atoms with E-state index >= 15 is 0 Å². The molecule has 8 nitrogen and oxygen atoms in total. The normalized spacial score (nSPS) is 13.5. The average molecular weight is 787 g/mol. The van der Waals surface area contributed by atoms with Crippen molar-refractivity contribution in [1.82, 2.24) is 0 Å². The molecule has 0 amide bonds. The summed E-state index contributed by atoms with van der Waals surface area (Å²) in [5.74, 6) is -1.50. The second-order valence-corrected chi connectivity index (χ2v) is 15.9. The van der Waals surface area contributed by atoms with Gasteiger partial charge in [-0.1, -0.05) is 158 Å². The first-order valence-electron chi connectivity index (χ1n) is 22.3. The largest absolute Gasteiger partial charge is 0.477 e. The zero-order chi connectivity index (χ0) is 41.4. The number of ether oxygens (including phenoxy) is 3. The van der Waals surface area contributed by atoms with Gasteiger partial charge < -0.3 is 23.8 Å². The Bertz CT molecular complexity index is 1100. The lowest BCUT2D eigenvalue weighted by Crippen LogP contribution is -2.50. The number of esters is 2. The number of carboxylic acid groups (broad SMARTS) is 1. The zero-order valence-corrected chi connectivity index (χ0v) is 36.6. The number of carboxylic acids is 1. The Hall–Kier alpha value is -2.97. The SMILES string of the molecule is CC/C=C/C/C=C/C/C=C/C/C=C/C/C=C/CCCCCCC(=O)OC(COCCC(C(=O)O)[N+](C)(C)C)COC(=O)CCCCCCCCCCCCCC. The first-order chi connectivity index (χ1) is 27.1. The van der Waals surface area contributed by atoms with Gasteiger partial charge in [-0.3, -0.25) is 9.59 Å². The fraction of sp³-hybridized carbons (Fsp3) is 0.729. The van der Waals surface area contributed by atoms with Gasteiger partial charge in [-0.25, -0.2) is 4.79 Å². The zero-order valence-electron chi connectivity index (χ0n) is 36.6. The molecule has 0 aliphatic carbocycles. The molecule has 0 saturated carbocycles. The van der Waals surface area contributed by atoms with Crippen LogP contribution in [0.1, 0.15) is 174 Å². The Labute approximate surface area is 343 Å². The van der Waals surface area contributed by atoms with Crippen molar-refractivity contribution in [2.24, 2.45) is 0 Å². The van der Waals surface area contributed by atoms with Crippen molar-refractivity contribution >= 4 is 17.9 Å². The molecule has 2 atom stereocenters. The highest BCUT2D eigenvalue weighted by atomic mass is 16.6.